The van der Waals surface area contributed by atoms with Crippen molar-refractivity contribution in [1.29, 1.82) is 0 Å². The van der Waals surface area contributed by atoms with Crippen molar-refractivity contribution in [2.75, 3.05) is 0 Å². The Morgan fingerprint density at radius 3 is 2.75 bits per heavy atom. The van der Waals surface area contributed by atoms with Crippen LogP contribution in [0.2, 0.25) is 0 Å². The number of hydrogen-bond acceptors (Lipinski definition) is 1. The summed E-state index contributed by atoms with van der Waals surface area (Å²) in [6.45, 7) is 0. The zero-order valence-electron chi connectivity index (χ0n) is 11.0. The summed E-state index contributed by atoms with van der Waals surface area (Å²) in [5.74, 6) is 0.146. The van der Waals surface area contributed by atoms with Crippen LogP contribution in [0, 0.1) is 0 Å². The summed E-state index contributed by atoms with van der Waals surface area (Å²) in [6, 6.07) is 13.8. The maximum Gasteiger partial charge on any atom is 0.214 e. The second-order valence-corrected chi connectivity index (χ2v) is 6.37. The fraction of sp³-hybridized carbons (Fsp3) is 0.176. The van der Waals surface area contributed by atoms with Crippen molar-refractivity contribution < 1.29 is 4.79 Å². The molecule has 3 heteroatoms. The number of carbonyl (C=O) groups excluding carboxylic acids is 1. The lowest BCUT2D eigenvalue weighted by Crippen LogP contribution is -2.05. The van der Waals surface area contributed by atoms with Crippen LogP contribution in [0.15, 0.2) is 48.7 Å². The third kappa shape index (κ3) is 1.72. The van der Waals surface area contributed by atoms with Gasteiger partial charge in [0.15, 0.2) is 0 Å². The van der Waals surface area contributed by atoms with Crippen molar-refractivity contribution in [2.24, 2.45) is 0 Å². The highest BCUT2D eigenvalue weighted by Crippen LogP contribution is 2.36. The molecule has 0 radical (unpaired) electrons. The molecular weight excluding hydrogens is 265 g/mol. The second kappa shape index (κ2) is 4.57. The fourth-order valence-corrected chi connectivity index (χ4v) is 4.38. The molecule has 0 atom stereocenters. The van der Waals surface area contributed by atoms with Gasteiger partial charge < -0.3 is 4.40 Å². The Kier molecular flexibility index (Phi) is 2.71. The Labute approximate surface area is 119 Å². The van der Waals surface area contributed by atoms with E-state index in [1.54, 1.807) is 0 Å². The van der Waals surface area contributed by atoms with Gasteiger partial charge in [0.2, 0.25) is 5.78 Å². The molecule has 0 aliphatic heterocycles. The first-order chi connectivity index (χ1) is 9.84. The number of pyridine rings is 1. The van der Waals surface area contributed by atoms with Crippen molar-refractivity contribution >= 4 is 19.5 Å². The largest absolute Gasteiger partial charge is 0.309 e. The van der Waals surface area contributed by atoms with Crippen LogP contribution in [0.1, 0.15) is 33.1 Å². The predicted octanol–water partition coefficient (Wildman–Crippen LogP) is 4.24. The fourth-order valence-electron chi connectivity index (χ4n) is 2.99. The standard InChI is InChI=1S/C17H14NOP/c19-16(13-6-2-1-3-7-13)17-18-11-5-9-12-8-4-10-14(20-17)15(12)18/h1-3,5-7,9,11H,4,8,10H2. The van der Waals surface area contributed by atoms with Gasteiger partial charge in [0, 0.05) is 17.1 Å². The molecule has 0 saturated heterocycles. The molecule has 0 bridgehead atoms. The summed E-state index contributed by atoms with van der Waals surface area (Å²) < 4.78 is 2.11. The third-order valence-electron chi connectivity index (χ3n) is 3.92. The van der Waals surface area contributed by atoms with Gasteiger partial charge in [-0.1, -0.05) is 36.4 Å². The molecule has 98 valence electrons. The van der Waals surface area contributed by atoms with Crippen LogP contribution in [0.5, 0.6) is 0 Å². The van der Waals surface area contributed by atoms with Crippen molar-refractivity contribution in [1.82, 2.24) is 4.40 Å². The molecule has 2 nitrogen and oxygen atoms in total. The average Bonchev–Trinajstić information content (AvgIpc) is 2.89. The van der Waals surface area contributed by atoms with Crippen molar-refractivity contribution in [2.45, 2.75) is 19.3 Å². The molecule has 1 aliphatic carbocycles. The summed E-state index contributed by atoms with van der Waals surface area (Å²) in [6.07, 6.45) is 5.47. The maximum absolute atomic E-state index is 12.7. The average molecular weight is 279 g/mol. The second-order valence-electron chi connectivity index (χ2n) is 5.18. The monoisotopic (exact) mass is 279 g/mol. The van der Waals surface area contributed by atoms with E-state index >= 15 is 0 Å². The lowest BCUT2D eigenvalue weighted by Gasteiger charge is -2.12. The molecule has 0 unspecified atom stereocenters. The van der Waals surface area contributed by atoms with Gasteiger partial charge >= 0.3 is 0 Å². The molecule has 2 aromatic heterocycles. The van der Waals surface area contributed by atoms with Crippen molar-refractivity contribution in [3.8, 4) is 0 Å². The number of aromatic nitrogens is 1. The molecular formula is C17H14NOP. The van der Waals surface area contributed by atoms with Gasteiger partial charge in [0.1, 0.15) is 5.43 Å². The van der Waals surface area contributed by atoms with E-state index in [0.717, 1.165) is 32.0 Å². The van der Waals surface area contributed by atoms with Gasteiger partial charge in [0.25, 0.3) is 0 Å². The minimum Gasteiger partial charge on any atom is -0.309 e. The lowest BCUT2D eigenvalue weighted by molar-refractivity contribution is 0.103. The van der Waals surface area contributed by atoms with Crippen LogP contribution in [0.3, 0.4) is 0 Å². The Morgan fingerprint density at radius 1 is 1.05 bits per heavy atom. The number of ketones is 1. The van der Waals surface area contributed by atoms with Crippen LogP contribution in [0.25, 0.3) is 5.52 Å². The number of nitrogens with zero attached hydrogens (tertiary/aromatic N) is 1. The number of aryl methyl sites for hydroxylation is 2. The highest BCUT2D eigenvalue weighted by molar-refractivity contribution is 7.34. The third-order valence-corrected chi connectivity index (χ3v) is 5.25. The Bertz CT molecular complexity index is 804. The highest BCUT2D eigenvalue weighted by atomic mass is 31.0. The van der Waals surface area contributed by atoms with E-state index in [2.05, 4.69) is 16.5 Å². The van der Waals surface area contributed by atoms with Crippen molar-refractivity contribution in [3.05, 3.63) is 70.5 Å². The first kappa shape index (κ1) is 11.9. The Balaban J connectivity index is 1.94. The number of rotatable bonds is 2. The van der Waals surface area contributed by atoms with Crippen LogP contribution < -0.4 is 0 Å². The van der Waals surface area contributed by atoms with Gasteiger partial charge in [-0.2, -0.15) is 0 Å². The maximum atomic E-state index is 12.7. The topological polar surface area (TPSA) is 21.5 Å². The summed E-state index contributed by atoms with van der Waals surface area (Å²) in [5.41, 5.74) is 4.33. The minimum absolute atomic E-state index is 0.146. The Hall–Kier alpha value is -1.92. The molecule has 2 heterocycles. The van der Waals surface area contributed by atoms with E-state index in [9.17, 15) is 4.79 Å². The first-order valence-corrected chi connectivity index (χ1v) is 7.82. The predicted molar refractivity (Wildman–Crippen MR) is 81.8 cm³/mol. The lowest BCUT2D eigenvalue weighted by atomic mass is 10.0. The molecule has 0 saturated carbocycles. The molecule has 4 rings (SSSR count). The molecule has 0 amide bonds. The first-order valence-electron chi connectivity index (χ1n) is 6.93. The molecule has 20 heavy (non-hydrogen) atoms. The van der Waals surface area contributed by atoms with Crippen LogP contribution in [-0.2, 0) is 12.8 Å². The highest BCUT2D eigenvalue weighted by Gasteiger charge is 2.21. The quantitative estimate of drug-likeness (QED) is 0.643. The summed E-state index contributed by atoms with van der Waals surface area (Å²) in [4.78, 5) is 12.7. The number of benzene rings is 1. The van der Waals surface area contributed by atoms with E-state index < -0.39 is 0 Å². The van der Waals surface area contributed by atoms with E-state index in [1.807, 2.05) is 36.5 Å². The van der Waals surface area contributed by atoms with Gasteiger partial charge in [-0.3, -0.25) is 4.79 Å². The van der Waals surface area contributed by atoms with E-state index in [1.165, 1.54) is 22.8 Å². The van der Waals surface area contributed by atoms with Gasteiger partial charge in [-0.05, 0) is 39.1 Å². The van der Waals surface area contributed by atoms with E-state index in [0.29, 0.717) is 0 Å². The van der Waals surface area contributed by atoms with Gasteiger partial charge in [0.05, 0.1) is 5.52 Å². The number of hydrogen-bond donors (Lipinski definition) is 0. The zero-order chi connectivity index (χ0) is 13.5. The number of carbonyl (C=O) groups is 1. The van der Waals surface area contributed by atoms with E-state index in [4.69, 9.17) is 0 Å². The van der Waals surface area contributed by atoms with Crippen molar-refractivity contribution in [3.63, 3.8) is 0 Å². The summed E-state index contributed by atoms with van der Waals surface area (Å²) in [7, 11) is 1.09. The molecule has 3 aromatic rings. The SMILES string of the molecule is O=C(c1ccccc1)c1pc2c3c(cccn13)CCC2. The smallest absolute Gasteiger partial charge is 0.214 e. The summed E-state index contributed by atoms with van der Waals surface area (Å²) in [5, 5.41) is 1.41. The van der Waals surface area contributed by atoms with Crippen LogP contribution in [-0.4, -0.2) is 10.2 Å². The Morgan fingerprint density at radius 2 is 1.90 bits per heavy atom. The molecule has 1 aromatic carbocycles. The molecule has 0 fully saturated rings. The van der Waals surface area contributed by atoms with Crippen LogP contribution in [0.4, 0.5) is 0 Å². The van der Waals surface area contributed by atoms with E-state index in [-0.39, 0.29) is 5.78 Å². The zero-order valence-corrected chi connectivity index (χ0v) is 11.9. The summed E-state index contributed by atoms with van der Waals surface area (Å²) >= 11 is 0. The normalized spacial score (nSPS) is 14.0. The van der Waals surface area contributed by atoms with Gasteiger partial charge in [-0.25, -0.2) is 0 Å². The molecule has 0 N–H and O–H groups in total. The molecule has 1 aliphatic rings. The molecule has 0 spiro atoms. The van der Waals surface area contributed by atoms with Gasteiger partial charge in [-0.15, -0.1) is 0 Å². The minimum atomic E-state index is 0.146. The van der Waals surface area contributed by atoms with Crippen LogP contribution >= 0.6 is 8.19 Å².